The maximum Gasteiger partial charge on any atom is 0.435 e. The molecule has 0 saturated carbocycles. The maximum absolute atomic E-state index is 11.2. The zero-order valence-electron chi connectivity index (χ0n) is 15.5. The van der Waals surface area contributed by atoms with E-state index in [1.807, 2.05) is 0 Å². The van der Waals surface area contributed by atoms with Crippen LogP contribution in [0.5, 0.6) is 0 Å². The van der Waals surface area contributed by atoms with Gasteiger partial charge in [0.2, 0.25) is 4.84 Å². The van der Waals surface area contributed by atoms with Gasteiger partial charge in [0.1, 0.15) is 10.4 Å². The molecule has 0 rings (SSSR count). The van der Waals surface area contributed by atoms with Crippen LogP contribution in [-0.2, 0) is 0 Å². The lowest BCUT2D eigenvalue weighted by atomic mass is 10.8. The van der Waals surface area contributed by atoms with E-state index < -0.39 is 45.9 Å². The summed E-state index contributed by atoms with van der Waals surface area (Å²) in [5.74, 6) is -1.26. The molecule has 0 aliphatic rings. The first kappa shape index (κ1) is 62.5. The predicted molar refractivity (Wildman–Crippen MR) is 126 cm³/mol. The Balaban J connectivity index is -0.0000000367. The van der Waals surface area contributed by atoms with Gasteiger partial charge in [0.25, 0.3) is 3.79 Å². The lowest BCUT2D eigenvalue weighted by molar-refractivity contribution is -0.142. The quantitative estimate of drug-likeness (QED) is 0.169. The Morgan fingerprint density at radius 3 is 0.838 bits per heavy atom. The molecule has 0 aliphatic heterocycles. The third-order valence-electron chi connectivity index (χ3n) is 0.954. The van der Waals surface area contributed by atoms with Crippen LogP contribution < -0.4 is 0 Å². The van der Waals surface area contributed by atoms with Crippen LogP contribution in [0.3, 0.4) is 0 Å². The minimum absolute atomic E-state index is 0. The van der Waals surface area contributed by atoms with E-state index in [4.69, 9.17) is 34.8 Å². The molecule has 0 amide bonds. The van der Waals surface area contributed by atoms with Gasteiger partial charge in [0.15, 0.2) is 6.67 Å². The fraction of sp³-hybridized carbons (Fsp3) is 0.818. The van der Waals surface area contributed by atoms with E-state index in [0.717, 1.165) is 5.54 Å². The molecule has 0 bridgehead atoms. The number of halogens is 26. The highest BCUT2D eigenvalue weighted by Crippen LogP contribution is 2.42. The summed E-state index contributed by atoms with van der Waals surface area (Å²) in [6.07, 6.45) is -18.1. The van der Waals surface area contributed by atoms with Crippen molar-refractivity contribution in [1.29, 1.82) is 0 Å². The van der Waals surface area contributed by atoms with Gasteiger partial charge in [-0.3, -0.25) is 9.41 Å². The van der Waals surface area contributed by atoms with Crippen LogP contribution in [0.2, 0.25) is 0 Å². The summed E-state index contributed by atoms with van der Waals surface area (Å²) in [5.41, 5.74) is 1.09. The van der Waals surface area contributed by atoms with Gasteiger partial charge < -0.3 is 0 Å². The van der Waals surface area contributed by atoms with Crippen LogP contribution in [0, 0.1) is 0 Å². The normalized spacial score (nSPS) is 10.5. The average molecular weight is 819 g/mol. The number of alkyl halides is 19. The maximum atomic E-state index is 11.2. The molecule has 0 fully saturated rings. The van der Waals surface area contributed by atoms with E-state index in [9.17, 15) is 57.1 Å². The molecule has 0 unspecified atom stereocenters. The molecule has 0 aromatic carbocycles. The number of hydrogen-bond acceptors (Lipinski definition) is 0. The first-order valence-electron chi connectivity index (χ1n) is 6.08. The molecule has 238 valence electrons. The van der Waals surface area contributed by atoms with E-state index in [-0.39, 0.29) is 21.3 Å². The topological polar surface area (TPSA) is 0 Å². The number of rotatable bonds is 0. The van der Waals surface area contributed by atoms with Crippen molar-refractivity contribution in [2.24, 2.45) is 0 Å². The van der Waals surface area contributed by atoms with Crippen molar-refractivity contribution in [3.63, 3.8) is 0 Å². The standard InChI is InChI=1S/C2Cl3F3.C2HCl3.C2HCl2F3.C2H2ClF3.C2H2F4.CH4.Cl2.2FH/c3-1(4,5)2(6,7)8;3-1-2(4)5;3-1(4)2(5,6)7;2*3-1-2(4,5)6;;1-2;;/h;1H;1H;2*1H2;1H4;;2*1H. The molecule has 37 heavy (non-hydrogen) atoms. The highest BCUT2D eigenvalue weighted by molar-refractivity contribution is 6.85. The Bertz CT molecular complexity index is 439. The third-order valence-corrected chi connectivity index (χ3v) is 3.05. The van der Waals surface area contributed by atoms with Crippen molar-refractivity contribution in [1.82, 2.24) is 0 Å². The Morgan fingerprint density at radius 1 is 0.703 bits per heavy atom. The summed E-state index contributed by atoms with van der Waals surface area (Å²) >= 11 is 41.2. The second-order valence-electron chi connectivity index (χ2n) is 3.73. The van der Waals surface area contributed by atoms with E-state index in [2.05, 4.69) is 91.3 Å². The summed E-state index contributed by atoms with van der Waals surface area (Å²) in [4.78, 5) is -2.26. The van der Waals surface area contributed by atoms with Gasteiger partial charge in [0.05, 0.1) is 0 Å². The SMILES string of the molecule is C.ClC=C(Cl)Cl.ClCl.F.F.FC(F)(F)C(Cl)(Cl)Cl.FC(F)(F)C(Cl)Cl.FC(F)(F)CCl.FCC(F)(F)F. The second kappa shape index (κ2) is 30.8. The van der Waals surface area contributed by atoms with Crippen molar-refractivity contribution >= 4 is 126 Å². The van der Waals surface area contributed by atoms with Crippen molar-refractivity contribution in [2.75, 3.05) is 12.6 Å². The zero-order valence-corrected chi connectivity index (χ0v) is 23.8. The Kier molecular flexibility index (Phi) is 52.1. The monoisotopic (exact) mass is 814 g/mol. The lowest BCUT2D eigenvalue weighted by Gasteiger charge is -2.13. The molecule has 0 aromatic heterocycles. The largest absolute Gasteiger partial charge is 0.435 e. The van der Waals surface area contributed by atoms with E-state index in [1.54, 1.807) is 0 Å². The molecule has 0 atom stereocenters. The third kappa shape index (κ3) is 78.8. The van der Waals surface area contributed by atoms with Crippen molar-refractivity contribution in [3.05, 3.63) is 10.0 Å². The fourth-order valence-corrected chi connectivity index (χ4v) is 0. The second-order valence-corrected chi connectivity index (χ2v) is 8.61. The lowest BCUT2D eigenvalue weighted by Crippen LogP contribution is -2.27. The van der Waals surface area contributed by atoms with Crippen LogP contribution in [0.4, 0.5) is 66.5 Å². The highest BCUT2D eigenvalue weighted by Gasteiger charge is 2.51. The van der Waals surface area contributed by atoms with Gasteiger partial charge in [-0.2, -0.15) is 52.7 Å². The van der Waals surface area contributed by atoms with Crippen LogP contribution in [0.1, 0.15) is 7.43 Å². The molecule has 0 spiro atoms. The van der Waals surface area contributed by atoms with E-state index >= 15 is 0 Å². The number of hydrogen-bond donors (Lipinski definition) is 0. The van der Waals surface area contributed by atoms with Gasteiger partial charge in [-0.05, 0) is 0 Å². The van der Waals surface area contributed by atoms with Crippen molar-refractivity contribution in [2.45, 2.75) is 40.8 Å². The average Bonchev–Trinajstić information content (AvgIpc) is 2.61. The highest BCUT2D eigenvalue weighted by atomic mass is 36.5. The molecule has 0 heterocycles. The minimum Gasteiger partial charge on any atom is -0.269 e. The summed E-state index contributed by atoms with van der Waals surface area (Å²) < 4.78 is 137. The van der Waals surface area contributed by atoms with Crippen molar-refractivity contribution in [3.8, 4) is 0 Å². The Morgan fingerprint density at radius 2 is 0.838 bits per heavy atom. The molecule has 26 heteroatoms. The molecule has 0 N–H and O–H groups in total. The fourth-order valence-electron chi connectivity index (χ4n) is 0. The smallest absolute Gasteiger partial charge is 0.269 e. The molecular weight excluding hydrogens is 807 g/mol. The first-order valence-corrected chi connectivity index (χ1v) is 11.0. The zero-order chi connectivity index (χ0) is 29.8. The van der Waals surface area contributed by atoms with Gasteiger partial charge >= 0.3 is 24.7 Å². The summed E-state index contributed by atoms with van der Waals surface area (Å²) in [5, 5.41) is 0. The molecule has 0 saturated heterocycles. The van der Waals surface area contributed by atoms with Gasteiger partial charge in [0, 0.05) is 27.2 Å². The van der Waals surface area contributed by atoms with Crippen LogP contribution in [0.25, 0.3) is 0 Å². The Labute approximate surface area is 254 Å². The van der Waals surface area contributed by atoms with E-state index in [1.165, 1.54) is 0 Å². The Hall–Kier alpha value is 1.88. The van der Waals surface area contributed by atoms with Crippen LogP contribution in [-0.4, -0.2) is 45.9 Å². The summed E-state index contributed by atoms with van der Waals surface area (Å²) in [6.45, 7) is -2.23. The molecule has 0 aromatic rings. The molecule has 0 aliphatic carbocycles. The molecule has 0 nitrogen and oxygen atoms in total. The van der Waals surface area contributed by atoms with Crippen molar-refractivity contribution < 1.29 is 66.5 Å². The minimum atomic E-state index is -4.77. The van der Waals surface area contributed by atoms with E-state index in [0.29, 0.717) is 0 Å². The molecule has 0 radical (unpaired) electrons. The summed E-state index contributed by atoms with van der Waals surface area (Å²) in [7, 11) is 8.22. The predicted octanol–water partition coefficient (Wildman–Crippen LogP) is 13.4. The van der Waals surface area contributed by atoms with Gasteiger partial charge in [-0.15, -0.1) is 11.6 Å². The van der Waals surface area contributed by atoms with Crippen LogP contribution in [0.15, 0.2) is 10.0 Å². The first-order chi connectivity index (χ1) is 14.6. The van der Waals surface area contributed by atoms with Gasteiger partial charge in [-0.25, -0.2) is 4.39 Å². The van der Waals surface area contributed by atoms with Crippen LogP contribution >= 0.6 is 126 Å². The molecular formula is C11H12Cl11F15. The van der Waals surface area contributed by atoms with Gasteiger partial charge in [-0.1, -0.05) is 100 Å². The summed E-state index contributed by atoms with van der Waals surface area (Å²) in [6, 6.07) is 0.